The maximum atomic E-state index is 10.9. The maximum absolute atomic E-state index is 10.9. The van der Waals surface area contributed by atoms with Crippen LogP contribution in [0, 0.1) is 5.92 Å². The van der Waals surface area contributed by atoms with Crippen LogP contribution in [-0.2, 0) is 9.53 Å². The first kappa shape index (κ1) is 8.72. The van der Waals surface area contributed by atoms with E-state index in [1.165, 1.54) is 6.08 Å². The molecule has 1 aliphatic carbocycles. The zero-order valence-electron chi connectivity index (χ0n) is 7.09. The lowest BCUT2D eigenvalue weighted by Gasteiger charge is -2.36. The maximum Gasteiger partial charge on any atom is 0.330 e. The van der Waals surface area contributed by atoms with Gasteiger partial charge < -0.3 is 14.9 Å². The van der Waals surface area contributed by atoms with Crippen LogP contribution in [0.3, 0.4) is 0 Å². The Balaban J connectivity index is 2.11. The Labute approximate surface area is 75.8 Å². The van der Waals surface area contributed by atoms with Gasteiger partial charge in [0.1, 0.15) is 6.10 Å². The molecule has 1 saturated carbocycles. The number of esters is 1. The van der Waals surface area contributed by atoms with Gasteiger partial charge in [-0.25, -0.2) is 4.79 Å². The van der Waals surface area contributed by atoms with Crippen LogP contribution in [0.4, 0.5) is 0 Å². The van der Waals surface area contributed by atoms with Gasteiger partial charge in [0.05, 0.1) is 12.2 Å². The molecule has 2 aliphatic rings. The van der Waals surface area contributed by atoms with Gasteiger partial charge in [0.25, 0.3) is 0 Å². The molecule has 0 bridgehead atoms. The van der Waals surface area contributed by atoms with E-state index in [0.717, 1.165) is 0 Å². The average molecular weight is 184 g/mol. The first-order valence-electron chi connectivity index (χ1n) is 4.42. The molecule has 1 fully saturated rings. The zero-order chi connectivity index (χ0) is 9.42. The van der Waals surface area contributed by atoms with Gasteiger partial charge >= 0.3 is 5.97 Å². The molecule has 4 heteroatoms. The monoisotopic (exact) mass is 184 g/mol. The molecule has 0 spiro atoms. The van der Waals surface area contributed by atoms with Crippen molar-refractivity contribution in [2.45, 2.75) is 31.2 Å². The summed E-state index contributed by atoms with van der Waals surface area (Å²) in [6, 6.07) is 0. The third-order valence-corrected chi connectivity index (χ3v) is 2.66. The first-order valence-corrected chi connectivity index (χ1v) is 4.42. The molecule has 2 rings (SSSR count). The molecule has 1 heterocycles. The van der Waals surface area contributed by atoms with Gasteiger partial charge in [-0.3, -0.25) is 0 Å². The molecule has 0 aromatic heterocycles. The lowest BCUT2D eigenvalue weighted by molar-refractivity contribution is -0.155. The van der Waals surface area contributed by atoms with Crippen LogP contribution in [0.1, 0.15) is 12.8 Å². The highest BCUT2D eigenvalue weighted by atomic mass is 16.5. The van der Waals surface area contributed by atoms with Crippen molar-refractivity contribution in [1.82, 2.24) is 0 Å². The summed E-state index contributed by atoms with van der Waals surface area (Å²) >= 11 is 0. The van der Waals surface area contributed by atoms with Crippen LogP contribution >= 0.6 is 0 Å². The second-order valence-electron chi connectivity index (χ2n) is 3.60. The van der Waals surface area contributed by atoms with E-state index in [-0.39, 0.29) is 18.0 Å². The molecule has 4 nitrogen and oxygen atoms in total. The predicted molar refractivity (Wildman–Crippen MR) is 43.8 cm³/mol. The fraction of sp³-hybridized carbons (Fsp3) is 0.667. The number of rotatable bonds is 0. The van der Waals surface area contributed by atoms with Crippen molar-refractivity contribution in [2.75, 3.05) is 0 Å². The van der Waals surface area contributed by atoms with Crippen LogP contribution in [0.15, 0.2) is 12.2 Å². The van der Waals surface area contributed by atoms with E-state index in [1.54, 1.807) is 6.08 Å². The number of aliphatic hydroxyl groups is 2. The summed E-state index contributed by atoms with van der Waals surface area (Å²) in [6.45, 7) is 0. The van der Waals surface area contributed by atoms with Gasteiger partial charge in [0.2, 0.25) is 0 Å². The van der Waals surface area contributed by atoms with E-state index in [1.807, 2.05) is 0 Å². The van der Waals surface area contributed by atoms with Crippen LogP contribution in [0.5, 0.6) is 0 Å². The van der Waals surface area contributed by atoms with Crippen molar-refractivity contribution in [3.63, 3.8) is 0 Å². The van der Waals surface area contributed by atoms with Crippen LogP contribution in [-0.4, -0.2) is 34.5 Å². The molecule has 0 saturated heterocycles. The third-order valence-electron chi connectivity index (χ3n) is 2.66. The van der Waals surface area contributed by atoms with E-state index < -0.39 is 12.2 Å². The second-order valence-corrected chi connectivity index (χ2v) is 3.60. The first-order chi connectivity index (χ1) is 6.16. The summed E-state index contributed by atoms with van der Waals surface area (Å²) in [4.78, 5) is 10.9. The Kier molecular flexibility index (Phi) is 2.09. The standard InChI is InChI=1S/C9H12O4/c10-6-3-5-1-2-9(12)13-8(5)4-7(6)11/h1-2,5-8,10-11H,3-4H2. The highest BCUT2D eigenvalue weighted by Crippen LogP contribution is 2.30. The minimum absolute atomic E-state index is 0.0658. The number of carbonyl (C=O) groups is 1. The lowest BCUT2D eigenvalue weighted by Crippen LogP contribution is -2.44. The molecule has 0 aromatic carbocycles. The second kappa shape index (κ2) is 3.12. The van der Waals surface area contributed by atoms with Gasteiger partial charge in [-0.05, 0) is 6.42 Å². The molecule has 2 N–H and O–H groups in total. The molecule has 4 atom stereocenters. The molecule has 13 heavy (non-hydrogen) atoms. The molecule has 0 radical (unpaired) electrons. The highest BCUT2D eigenvalue weighted by molar-refractivity contribution is 5.83. The lowest BCUT2D eigenvalue weighted by atomic mass is 9.82. The number of ether oxygens (including phenoxy) is 1. The SMILES string of the molecule is O=C1C=CC2CC(O)C(O)CC2O1. The van der Waals surface area contributed by atoms with Crippen molar-refractivity contribution < 1.29 is 19.7 Å². The highest BCUT2D eigenvalue weighted by Gasteiger charge is 2.37. The third kappa shape index (κ3) is 1.59. The van der Waals surface area contributed by atoms with Crippen molar-refractivity contribution in [1.29, 1.82) is 0 Å². The van der Waals surface area contributed by atoms with Crippen molar-refractivity contribution in [3.05, 3.63) is 12.2 Å². The Morgan fingerprint density at radius 1 is 1.31 bits per heavy atom. The summed E-state index contributed by atoms with van der Waals surface area (Å²) < 4.78 is 5.01. The van der Waals surface area contributed by atoms with Crippen molar-refractivity contribution >= 4 is 5.97 Å². The Hall–Kier alpha value is -0.870. The zero-order valence-corrected chi connectivity index (χ0v) is 7.09. The fourth-order valence-electron chi connectivity index (χ4n) is 1.89. The van der Waals surface area contributed by atoms with Crippen molar-refractivity contribution in [3.8, 4) is 0 Å². The number of hydrogen-bond acceptors (Lipinski definition) is 4. The number of fused-ring (bicyclic) bond motifs is 1. The van der Waals surface area contributed by atoms with E-state index in [2.05, 4.69) is 0 Å². The van der Waals surface area contributed by atoms with Crippen LogP contribution < -0.4 is 0 Å². The van der Waals surface area contributed by atoms with E-state index in [9.17, 15) is 15.0 Å². The van der Waals surface area contributed by atoms with E-state index in [0.29, 0.717) is 12.8 Å². The Bertz CT molecular complexity index is 248. The van der Waals surface area contributed by atoms with Gasteiger partial charge in [-0.1, -0.05) is 6.08 Å². The number of carbonyl (C=O) groups excluding carboxylic acids is 1. The largest absolute Gasteiger partial charge is 0.458 e. The molecule has 72 valence electrons. The molecule has 1 aliphatic heterocycles. The molecular weight excluding hydrogens is 172 g/mol. The van der Waals surface area contributed by atoms with Crippen LogP contribution in [0.2, 0.25) is 0 Å². The number of hydrogen-bond donors (Lipinski definition) is 2. The normalized spacial score (nSPS) is 44.0. The Morgan fingerprint density at radius 2 is 2.00 bits per heavy atom. The van der Waals surface area contributed by atoms with Gasteiger partial charge in [-0.2, -0.15) is 0 Å². The predicted octanol–water partition coefficient (Wildman–Crippen LogP) is -0.400. The van der Waals surface area contributed by atoms with Gasteiger partial charge in [0, 0.05) is 18.4 Å². The average Bonchev–Trinajstić information content (AvgIpc) is 2.08. The Morgan fingerprint density at radius 3 is 2.77 bits per heavy atom. The topological polar surface area (TPSA) is 66.8 Å². The van der Waals surface area contributed by atoms with Crippen molar-refractivity contribution in [2.24, 2.45) is 5.92 Å². The van der Waals surface area contributed by atoms with E-state index >= 15 is 0 Å². The van der Waals surface area contributed by atoms with Gasteiger partial charge in [0.15, 0.2) is 0 Å². The molecular formula is C9H12O4. The summed E-state index contributed by atoms with van der Waals surface area (Å²) in [5, 5.41) is 18.7. The molecule has 0 aromatic rings. The summed E-state index contributed by atoms with van der Waals surface area (Å²) in [5.74, 6) is -0.291. The number of aliphatic hydroxyl groups excluding tert-OH is 2. The van der Waals surface area contributed by atoms with Gasteiger partial charge in [-0.15, -0.1) is 0 Å². The quantitative estimate of drug-likeness (QED) is 0.503. The summed E-state index contributed by atoms with van der Waals surface area (Å²) in [5.41, 5.74) is 0. The smallest absolute Gasteiger partial charge is 0.330 e. The summed E-state index contributed by atoms with van der Waals surface area (Å²) in [6.07, 6.45) is 2.23. The molecule has 0 amide bonds. The molecule has 4 unspecified atom stereocenters. The van der Waals surface area contributed by atoms with E-state index in [4.69, 9.17) is 4.74 Å². The van der Waals surface area contributed by atoms with Crippen LogP contribution in [0.25, 0.3) is 0 Å². The fourth-order valence-corrected chi connectivity index (χ4v) is 1.89. The summed E-state index contributed by atoms with van der Waals surface area (Å²) in [7, 11) is 0. The minimum Gasteiger partial charge on any atom is -0.458 e. The minimum atomic E-state index is -0.763.